The van der Waals surface area contributed by atoms with Gasteiger partial charge in [-0.05, 0) is 48.6 Å². The molecule has 3 aromatic rings. The Morgan fingerprint density at radius 1 is 0.944 bits per heavy atom. The SMILES string of the molecule is CC(C)(C)OC(=O)[C@H](Cc1ccc([N+](=O)[O-])cc1)NC(=O)OCC1c2ccccc2-c2ccccc21. The fourth-order valence-electron chi connectivity index (χ4n) is 4.34. The second-order valence-corrected chi connectivity index (χ2v) is 9.68. The Labute approximate surface area is 209 Å². The highest BCUT2D eigenvalue weighted by molar-refractivity contribution is 5.82. The first-order chi connectivity index (χ1) is 17.1. The van der Waals surface area contributed by atoms with E-state index in [-0.39, 0.29) is 24.6 Å². The van der Waals surface area contributed by atoms with Crippen molar-refractivity contribution >= 4 is 17.7 Å². The molecule has 8 heteroatoms. The van der Waals surface area contributed by atoms with Crippen LogP contribution in [0.3, 0.4) is 0 Å². The van der Waals surface area contributed by atoms with Crippen molar-refractivity contribution in [3.63, 3.8) is 0 Å². The van der Waals surface area contributed by atoms with Crippen LogP contribution in [0.4, 0.5) is 10.5 Å². The number of esters is 1. The molecule has 0 radical (unpaired) electrons. The summed E-state index contributed by atoms with van der Waals surface area (Å²) < 4.78 is 11.1. The zero-order chi connectivity index (χ0) is 25.9. The van der Waals surface area contributed by atoms with Crippen molar-refractivity contribution in [2.24, 2.45) is 0 Å². The third kappa shape index (κ3) is 5.71. The van der Waals surface area contributed by atoms with Crippen LogP contribution in [0.15, 0.2) is 72.8 Å². The monoisotopic (exact) mass is 488 g/mol. The van der Waals surface area contributed by atoms with Gasteiger partial charge in [-0.25, -0.2) is 9.59 Å². The highest BCUT2D eigenvalue weighted by Crippen LogP contribution is 2.44. The van der Waals surface area contributed by atoms with Crippen molar-refractivity contribution in [1.82, 2.24) is 5.32 Å². The third-order valence-corrected chi connectivity index (χ3v) is 5.91. The van der Waals surface area contributed by atoms with E-state index < -0.39 is 28.6 Å². The van der Waals surface area contributed by atoms with Gasteiger partial charge in [0.05, 0.1) is 4.92 Å². The molecule has 3 aromatic carbocycles. The average molecular weight is 489 g/mol. The number of fused-ring (bicyclic) bond motifs is 3. The predicted molar refractivity (Wildman–Crippen MR) is 135 cm³/mol. The van der Waals surface area contributed by atoms with Gasteiger partial charge in [0.1, 0.15) is 18.2 Å². The van der Waals surface area contributed by atoms with E-state index in [0.29, 0.717) is 5.56 Å². The molecule has 8 nitrogen and oxygen atoms in total. The van der Waals surface area contributed by atoms with E-state index >= 15 is 0 Å². The summed E-state index contributed by atoms with van der Waals surface area (Å²) in [5.74, 6) is -0.729. The number of hydrogen-bond acceptors (Lipinski definition) is 6. The molecular weight excluding hydrogens is 460 g/mol. The van der Waals surface area contributed by atoms with Gasteiger partial charge in [0.2, 0.25) is 0 Å². The molecule has 0 unspecified atom stereocenters. The number of alkyl carbamates (subject to hydrolysis) is 1. The summed E-state index contributed by atoms with van der Waals surface area (Å²) in [7, 11) is 0. The van der Waals surface area contributed by atoms with Crippen LogP contribution < -0.4 is 5.32 Å². The fraction of sp³-hybridized carbons (Fsp3) is 0.286. The molecule has 0 saturated carbocycles. The quantitative estimate of drug-likeness (QED) is 0.272. The molecule has 1 amide bonds. The molecule has 0 fully saturated rings. The summed E-state index contributed by atoms with van der Waals surface area (Å²) in [5, 5.41) is 13.6. The number of nitrogens with one attached hydrogen (secondary N) is 1. The molecule has 0 saturated heterocycles. The summed E-state index contributed by atoms with van der Waals surface area (Å²) in [6.07, 6.45) is -0.647. The van der Waals surface area contributed by atoms with E-state index in [1.165, 1.54) is 12.1 Å². The van der Waals surface area contributed by atoms with Gasteiger partial charge >= 0.3 is 12.1 Å². The van der Waals surface area contributed by atoms with Gasteiger partial charge in [-0.3, -0.25) is 10.1 Å². The number of nitro groups is 1. The number of amides is 1. The first-order valence-electron chi connectivity index (χ1n) is 11.7. The van der Waals surface area contributed by atoms with Gasteiger partial charge in [0, 0.05) is 24.5 Å². The van der Waals surface area contributed by atoms with E-state index in [0.717, 1.165) is 22.3 Å². The second kappa shape index (κ2) is 10.2. The Balaban J connectivity index is 1.47. The summed E-state index contributed by atoms with van der Waals surface area (Å²) in [6, 6.07) is 20.8. The molecule has 4 rings (SSSR count). The zero-order valence-corrected chi connectivity index (χ0v) is 20.4. The molecule has 0 spiro atoms. The van der Waals surface area contributed by atoms with Crippen molar-refractivity contribution in [2.75, 3.05) is 6.61 Å². The van der Waals surface area contributed by atoms with Crippen molar-refractivity contribution in [3.8, 4) is 11.1 Å². The number of rotatable bonds is 7. The lowest BCUT2D eigenvalue weighted by Gasteiger charge is -2.25. The first kappa shape index (κ1) is 24.9. The predicted octanol–water partition coefficient (Wildman–Crippen LogP) is 5.39. The minimum absolute atomic E-state index is 0.0583. The number of non-ortho nitro benzene ring substituents is 1. The maximum Gasteiger partial charge on any atom is 0.407 e. The molecule has 1 aliphatic rings. The summed E-state index contributed by atoms with van der Waals surface area (Å²) in [5.41, 5.74) is 4.22. The number of benzene rings is 3. The van der Waals surface area contributed by atoms with Crippen LogP contribution in [0.2, 0.25) is 0 Å². The standard InChI is InChI=1S/C28H28N2O6/c1-28(2,3)36-26(31)25(16-18-12-14-19(15-13-18)30(33)34)29-27(32)35-17-24-22-10-6-4-8-20(22)21-9-5-7-11-23(21)24/h4-15,24-25H,16-17H2,1-3H3,(H,29,32)/t25-/m0/s1. The van der Waals surface area contributed by atoms with Gasteiger partial charge in [0.25, 0.3) is 5.69 Å². The maximum absolute atomic E-state index is 12.9. The Kier molecular flexibility index (Phi) is 7.05. The topological polar surface area (TPSA) is 108 Å². The highest BCUT2D eigenvalue weighted by atomic mass is 16.6. The minimum Gasteiger partial charge on any atom is -0.458 e. The van der Waals surface area contributed by atoms with Crippen LogP contribution in [0.25, 0.3) is 11.1 Å². The van der Waals surface area contributed by atoms with Crippen LogP contribution in [0.5, 0.6) is 0 Å². The Morgan fingerprint density at radius 2 is 1.50 bits per heavy atom. The van der Waals surface area contributed by atoms with E-state index in [4.69, 9.17) is 9.47 Å². The zero-order valence-electron chi connectivity index (χ0n) is 20.4. The third-order valence-electron chi connectivity index (χ3n) is 5.91. The molecule has 186 valence electrons. The molecule has 0 bridgehead atoms. The second-order valence-electron chi connectivity index (χ2n) is 9.68. The summed E-state index contributed by atoms with van der Waals surface area (Å²) in [6.45, 7) is 5.32. The summed E-state index contributed by atoms with van der Waals surface area (Å²) in [4.78, 5) is 36.1. The number of hydrogen-bond donors (Lipinski definition) is 1. The van der Waals surface area contributed by atoms with E-state index in [1.807, 2.05) is 36.4 Å². The molecule has 0 heterocycles. The number of carbonyl (C=O) groups is 2. The number of ether oxygens (including phenoxy) is 2. The Bertz CT molecular complexity index is 1230. The molecule has 1 atom stereocenters. The number of nitro benzene ring substituents is 1. The number of carbonyl (C=O) groups excluding carboxylic acids is 2. The molecule has 1 N–H and O–H groups in total. The van der Waals surface area contributed by atoms with Gasteiger partial charge in [-0.15, -0.1) is 0 Å². The van der Waals surface area contributed by atoms with Crippen molar-refractivity contribution in [3.05, 3.63) is 99.6 Å². The van der Waals surface area contributed by atoms with E-state index in [9.17, 15) is 19.7 Å². The Hall–Kier alpha value is -4.20. The van der Waals surface area contributed by atoms with Crippen LogP contribution in [0.1, 0.15) is 43.4 Å². The molecule has 0 aromatic heterocycles. The molecular formula is C28H28N2O6. The average Bonchev–Trinajstić information content (AvgIpc) is 3.15. The van der Waals surface area contributed by atoms with Gasteiger partial charge < -0.3 is 14.8 Å². The fourth-order valence-corrected chi connectivity index (χ4v) is 4.34. The first-order valence-corrected chi connectivity index (χ1v) is 11.7. The smallest absolute Gasteiger partial charge is 0.407 e. The van der Waals surface area contributed by atoms with Crippen LogP contribution in [-0.2, 0) is 20.7 Å². The summed E-state index contributed by atoms with van der Waals surface area (Å²) >= 11 is 0. The number of nitrogens with zero attached hydrogens (tertiary/aromatic N) is 1. The van der Waals surface area contributed by atoms with Crippen molar-refractivity contribution < 1.29 is 24.0 Å². The van der Waals surface area contributed by atoms with E-state index in [2.05, 4.69) is 17.4 Å². The van der Waals surface area contributed by atoms with Crippen LogP contribution in [-0.4, -0.2) is 35.2 Å². The maximum atomic E-state index is 12.9. The molecule has 36 heavy (non-hydrogen) atoms. The molecule has 0 aliphatic heterocycles. The van der Waals surface area contributed by atoms with Crippen LogP contribution >= 0.6 is 0 Å². The lowest BCUT2D eigenvalue weighted by atomic mass is 9.98. The lowest BCUT2D eigenvalue weighted by molar-refractivity contribution is -0.384. The van der Waals surface area contributed by atoms with Crippen molar-refractivity contribution in [2.45, 2.75) is 44.8 Å². The van der Waals surface area contributed by atoms with Crippen molar-refractivity contribution in [1.29, 1.82) is 0 Å². The lowest BCUT2D eigenvalue weighted by Crippen LogP contribution is -2.46. The molecule has 1 aliphatic carbocycles. The van der Waals surface area contributed by atoms with Crippen LogP contribution in [0, 0.1) is 10.1 Å². The van der Waals surface area contributed by atoms with E-state index in [1.54, 1.807) is 32.9 Å². The van der Waals surface area contributed by atoms with Gasteiger partial charge in [-0.1, -0.05) is 60.7 Å². The normalized spacial score (nSPS) is 13.3. The largest absolute Gasteiger partial charge is 0.458 e. The highest BCUT2D eigenvalue weighted by Gasteiger charge is 2.31. The minimum atomic E-state index is -1.03. The Morgan fingerprint density at radius 3 is 2.03 bits per heavy atom. The van der Waals surface area contributed by atoms with Gasteiger partial charge in [0.15, 0.2) is 0 Å². The van der Waals surface area contributed by atoms with Gasteiger partial charge in [-0.2, -0.15) is 0 Å².